The minimum absolute atomic E-state index is 0.00636. The van der Waals surface area contributed by atoms with Crippen LogP contribution in [0.25, 0.3) is 11.3 Å². The Bertz CT molecular complexity index is 839. The van der Waals surface area contributed by atoms with Gasteiger partial charge >= 0.3 is 5.97 Å². The highest BCUT2D eigenvalue weighted by molar-refractivity contribution is 5.96. The molecule has 0 aliphatic carbocycles. The van der Waals surface area contributed by atoms with Gasteiger partial charge in [0.2, 0.25) is 0 Å². The van der Waals surface area contributed by atoms with Gasteiger partial charge in [0, 0.05) is 11.1 Å². The summed E-state index contributed by atoms with van der Waals surface area (Å²) in [7, 11) is 0. The van der Waals surface area contributed by atoms with Crippen LogP contribution in [0, 0.1) is 0 Å². The van der Waals surface area contributed by atoms with Crippen LogP contribution >= 0.6 is 0 Å². The third-order valence-corrected chi connectivity index (χ3v) is 3.46. The van der Waals surface area contributed by atoms with Gasteiger partial charge < -0.3 is 5.11 Å². The summed E-state index contributed by atoms with van der Waals surface area (Å²) in [5.74, 6) is -1.30. The number of hydrogen-bond acceptors (Lipinski definition) is 3. The molecule has 0 atom stereocenters. The van der Waals surface area contributed by atoms with Gasteiger partial charge in [0.05, 0.1) is 5.69 Å². The zero-order valence-electron chi connectivity index (χ0n) is 12.2. The smallest absolute Gasteiger partial charge is 0.354 e. The van der Waals surface area contributed by atoms with E-state index in [-0.39, 0.29) is 18.0 Å². The summed E-state index contributed by atoms with van der Waals surface area (Å²) in [5.41, 5.74) is 1.86. The van der Waals surface area contributed by atoms with Crippen molar-refractivity contribution in [2.24, 2.45) is 0 Å². The number of nitrogens with zero attached hydrogens (tertiary/aromatic N) is 2. The highest BCUT2D eigenvalue weighted by atomic mass is 16.4. The molecule has 1 aromatic heterocycles. The van der Waals surface area contributed by atoms with E-state index in [1.54, 1.807) is 24.3 Å². The highest BCUT2D eigenvalue weighted by Gasteiger charge is 2.18. The maximum absolute atomic E-state index is 12.3. The van der Waals surface area contributed by atoms with Crippen molar-refractivity contribution in [1.29, 1.82) is 0 Å². The Kier molecular flexibility index (Phi) is 4.01. The Hall–Kier alpha value is -3.21. The van der Waals surface area contributed by atoms with E-state index in [1.165, 1.54) is 10.7 Å². The van der Waals surface area contributed by atoms with Crippen LogP contribution in [-0.2, 0) is 6.54 Å². The summed E-state index contributed by atoms with van der Waals surface area (Å²) >= 11 is 0. The largest absolute Gasteiger partial charge is 0.477 e. The number of carbonyl (C=O) groups excluding carboxylic acids is 1. The van der Waals surface area contributed by atoms with Crippen LogP contribution < -0.4 is 0 Å². The number of Topliss-reactive ketones (excluding diaryl/α,β-unsaturated/α-hetero) is 1. The molecule has 0 radical (unpaired) electrons. The molecule has 2 aromatic carbocycles. The Morgan fingerprint density at radius 3 is 2.17 bits per heavy atom. The number of carboxylic acids is 1. The molecule has 0 amide bonds. The van der Waals surface area contributed by atoms with Gasteiger partial charge in [0.15, 0.2) is 5.78 Å². The van der Waals surface area contributed by atoms with Crippen LogP contribution in [0.2, 0.25) is 0 Å². The van der Waals surface area contributed by atoms with Gasteiger partial charge in [-0.3, -0.25) is 4.79 Å². The highest BCUT2D eigenvalue weighted by Crippen LogP contribution is 2.19. The van der Waals surface area contributed by atoms with Crippen molar-refractivity contribution in [3.63, 3.8) is 0 Å². The second kappa shape index (κ2) is 6.27. The van der Waals surface area contributed by atoms with Crippen LogP contribution in [0.4, 0.5) is 0 Å². The molecule has 0 fully saturated rings. The molecule has 5 heteroatoms. The number of aromatic carboxylic acids is 1. The predicted molar refractivity (Wildman–Crippen MR) is 85.4 cm³/mol. The maximum Gasteiger partial charge on any atom is 0.354 e. The van der Waals surface area contributed by atoms with Gasteiger partial charge in [0.1, 0.15) is 12.2 Å². The lowest BCUT2D eigenvalue weighted by Gasteiger charge is -2.04. The number of carbonyl (C=O) groups is 2. The van der Waals surface area contributed by atoms with E-state index in [4.69, 9.17) is 0 Å². The molecule has 1 heterocycles. The number of rotatable bonds is 5. The molecule has 3 rings (SSSR count). The van der Waals surface area contributed by atoms with Crippen LogP contribution in [0.15, 0.2) is 66.7 Å². The van der Waals surface area contributed by atoms with E-state index >= 15 is 0 Å². The van der Waals surface area contributed by atoms with Crippen molar-refractivity contribution in [2.75, 3.05) is 0 Å². The van der Waals surface area contributed by atoms with Crippen LogP contribution in [0.5, 0.6) is 0 Å². The molecule has 0 saturated carbocycles. The summed E-state index contributed by atoms with van der Waals surface area (Å²) in [5, 5.41) is 13.6. The fraction of sp³-hybridized carbons (Fsp3) is 0.0556. The molecule has 0 unspecified atom stereocenters. The molecule has 0 bridgehead atoms. The molecule has 0 aliphatic rings. The molecule has 0 spiro atoms. The number of benzene rings is 2. The second-order valence-electron chi connectivity index (χ2n) is 5.03. The first-order valence-corrected chi connectivity index (χ1v) is 7.10. The average molecular weight is 306 g/mol. The number of hydrogen-bond donors (Lipinski definition) is 1. The lowest BCUT2D eigenvalue weighted by molar-refractivity contribution is 0.0683. The topological polar surface area (TPSA) is 72.2 Å². The quantitative estimate of drug-likeness (QED) is 0.735. The van der Waals surface area contributed by atoms with Gasteiger partial charge in [0.25, 0.3) is 0 Å². The minimum Gasteiger partial charge on any atom is -0.477 e. The van der Waals surface area contributed by atoms with E-state index < -0.39 is 5.97 Å². The van der Waals surface area contributed by atoms with Crippen LogP contribution in [0.3, 0.4) is 0 Å². The molecular weight excluding hydrogens is 292 g/mol. The summed E-state index contributed by atoms with van der Waals surface area (Å²) in [4.78, 5) is 23.7. The number of aromatic nitrogens is 2. The Labute approximate surface area is 132 Å². The number of ketones is 1. The third-order valence-electron chi connectivity index (χ3n) is 3.46. The van der Waals surface area contributed by atoms with E-state index in [2.05, 4.69) is 5.10 Å². The normalized spacial score (nSPS) is 10.4. The Balaban J connectivity index is 1.94. The molecule has 1 N–H and O–H groups in total. The zero-order chi connectivity index (χ0) is 16.2. The lowest BCUT2D eigenvalue weighted by Crippen LogP contribution is -2.16. The molecule has 3 aromatic rings. The Morgan fingerprint density at radius 1 is 0.957 bits per heavy atom. The molecule has 114 valence electrons. The number of carboxylic acid groups (broad SMARTS) is 1. The van der Waals surface area contributed by atoms with Gasteiger partial charge in [-0.2, -0.15) is 5.10 Å². The molecule has 5 nitrogen and oxygen atoms in total. The summed E-state index contributed by atoms with van der Waals surface area (Å²) in [6, 6.07) is 19.5. The van der Waals surface area contributed by atoms with Crippen molar-refractivity contribution in [1.82, 2.24) is 9.78 Å². The van der Waals surface area contributed by atoms with Crippen molar-refractivity contribution < 1.29 is 14.7 Å². The van der Waals surface area contributed by atoms with Crippen molar-refractivity contribution in [3.8, 4) is 11.3 Å². The van der Waals surface area contributed by atoms with E-state index in [9.17, 15) is 14.7 Å². The molecular formula is C18H14N2O3. The van der Waals surface area contributed by atoms with E-state index in [1.807, 2.05) is 36.4 Å². The van der Waals surface area contributed by atoms with Gasteiger partial charge in [-0.25, -0.2) is 9.48 Å². The van der Waals surface area contributed by atoms with Crippen molar-refractivity contribution in [2.45, 2.75) is 6.54 Å². The van der Waals surface area contributed by atoms with Gasteiger partial charge in [-0.1, -0.05) is 60.7 Å². The molecule has 0 aliphatic heterocycles. The van der Waals surface area contributed by atoms with Crippen LogP contribution in [0.1, 0.15) is 20.8 Å². The maximum atomic E-state index is 12.3. The minimum atomic E-state index is -1.11. The Morgan fingerprint density at radius 2 is 1.57 bits per heavy atom. The monoisotopic (exact) mass is 306 g/mol. The fourth-order valence-corrected chi connectivity index (χ4v) is 2.31. The van der Waals surface area contributed by atoms with Crippen molar-refractivity contribution >= 4 is 11.8 Å². The summed E-state index contributed by atoms with van der Waals surface area (Å²) in [6.45, 7) is -0.113. The summed E-state index contributed by atoms with van der Waals surface area (Å²) in [6.07, 6.45) is 0. The van der Waals surface area contributed by atoms with Crippen LogP contribution in [-0.4, -0.2) is 26.6 Å². The third kappa shape index (κ3) is 3.18. The first-order valence-electron chi connectivity index (χ1n) is 7.10. The SMILES string of the molecule is O=C(Cn1nc(-c2ccccc2)cc1C(=O)O)c1ccccc1. The van der Waals surface area contributed by atoms with E-state index in [0.717, 1.165) is 5.56 Å². The average Bonchev–Trinajstić information content (AvgIpc) is 3.00. The first-order chi connectivity index (χ1) is 11.1. The summed E-state index contributed by atoms with van der Waals surface area (Å²) < 4.78 is 1.24. The first kappa shape index (κ1) is 14.7. The molecule has 23 heavy (non-hydrogen) atoms. The zero-order valence-corrected chi connectivity index (χ0v) is 12.2. The second-order valence-corrected chi connectivity index (χ2v) is 5.03. The standard InChI is InChI=1S/C18H14N2O3/c21-17(14-9-5-2-6-10-14)12-20-16(18(22)23)11-15(19-20)13-7-3-1-4-8-13/h1-11H,12H2,(H,22,23). The lowest BCUT2D eigenvalue weighted by atomic mass is 10.1. The van der Waals surface area contributed by atoms with Gasteiger partial charge in [-0.15, -0.1) is 0 Å². The predicted octanol–water partition coefficient (Wildman–Crippen LogP) is 3.13. The molecule has 0 saturated heterocycles. The van der Waals surface area contributed by atoms with Gasteiger partial charge in [-0.05, 0) is 6.07 Å². The fourth-order valence-electron chi connectivity index (χ4n) is 2.31. The van der Waals surface area contributed by atoms with Crippen molar-refractivity contribution in [3.05, 3.63) is 78.0 Å². The van der Waals surface area contributed by atoms with E-state index in [0.29, 0.717) is 11.3 Å².